The first kappa shape index (κ1) is 21.5. The molecule has 5 nitrogen and oxygen atoms in total. The Labute approximate surface area is 189 Å². The van der Waals surface area contributed by atoms with E-state index >= 15 is 0 Å². The van der Waals surface area contributed by atoms with Crippen LogP contribution in [0.4, 0.5) is 5.69 Å². The molecular weight excluding hydrogens is 396 g/mol. The van der Waals surface area contributed by atoms with Crippen molar-refractivity contribution < 1.29 is 4.79 Å². The van der Waals surface area contributed by atoms with Crippen molar-refractivity contribution in [1.29, 1.82) is 0 Å². The number of rotatable bonds is 8. The lowest BCUT2D eigenvalue weighted by molar-refractivity contribution is 0.0955. The summed E-state index contributed by atoms with van der Waals surface area (Å²) >= 11 is 0. The Hall–Kier alpha value is -3.73. The summed E-state index contributed by atoms with van der Waals surface area (Å²) < 4.78 is 0. The molecule has 0 aliphatic heterocycles. The molecule has 0 radical (unpaired) electrons. The highest BCUT2D eigenvalue weighted by molar-refractivity contribution is 6.07. The van der Waals surface area contributed by atoms with Crippen molar-refractivity contribution in [3.8, 4) is 11.4 Å². The zero-order valence-electron chi connectivity index (χ0n) is 18.6. The number of hydrogen-bond acceptors (Lipinski definition) is 4. The molecule has 0 bridgehead atoms. The summed E-state index contributed by atoms with van der Waals surface area (Å²) in [5.41, 5.74) is 5.34. The minimum atomic E-state index is -0.0839. The largest absolute Gasteiger partial charge is 0.372 e. The Morgan fingerprint density at radius 1 is 0.969 bits per heavy atom. The number of amides is 1. The predicted octanol–water partition coefficient (Wildman–Crippen LogP) is 5.25. The summed E-state index contributed by atoms with van der Waals surface area (Å²) in [4.78, 5) is 24.5. The lowest BCUT2D eigenvalue weighted by Gasteiger charge is -2.23. The molecule has 0 fully saturated rings. The van der Waals surface area contributed by atoms with Gasteiger partial charge in [-0.1, -0.05) is 36.4 Å². The minimum Gasteiger partial charge on any atom is -0.372 e. The van der Waals surface area contributed by atoms with Crippen molar-refractivity contribution in [2.24, 2.45) is 0 Å². The smallest absolute Gasteiger partial charge is 0.252 e. The zero-order valence-corrected chi connectivity index (χ0v) is 18.6. The number of fused-ring (bicyclic) bond motifs is 1. The number of aryl methyl sites for hydroxylation is 1. The van der Waals surface area contributed by atoms with E-state index in [1.54, 1.807) is 6.20 Å². The molecule has 0 spiro atoms. The standard InChI is InChI=1S/C27H28N4O/c1-3-31(21-11-8-10-20(2)18-21)17-9-16-29-27(32)23-19-26(25-14-6-7-15-28-25)30-24-13-5-4-12-22(23)24/h4-8,10-15,18-19H,3,9,16-17H2,1-2H3,(H,29,32). The number of nitrogens with zero attached hydrogens (tertiary/aromatic N) is 3. The molecule has 1 amide bonds. The van der Waals surface area contributed by atoms with E-state index in [0.717, 1.165) is 36.1 Å². The van der Waals surface area contributed by atoms with Crippen LogP contribution in [-0.4, -0.2) is 35.5 Å². The number of hydrogen-bond donors (Lipinski definition) is 1. The van der Waals surface area contributed by atoms with Crippen LogP contribution in [0.25, 0.3) is 22.3 Å². The lowest BCUT2D eigenvalue weighted by Crippen LogP contribution is -2.30. The van der Waals surface area contributed by atoms with Gasteiger partial charge in [0.25, 0.3) is 5.91 Å². The fourth-order valence-corrected chi connectivity index (χ4v) is 3.87. The number of carbonyl (C=O) groups is 1. The minimum absolute atomic E-state index is 0.0839. The fourth-order valence-electron chi connectivity index (χ4n) is 3.87. The monoisotopic (exact) mass is 424 g/mol. The number of carbonyl (C=O) groups excluding carboxylic acids is 1. The van der Waals surface area contributed by atoms with Gasteiger partial charge in [-0.2, -0.15) is 0 Å². The maximum Gasteiger partial charge on any atom is 0.252 e. The van der Waals surface area contributed by atoms with Gasteiger partial charge < -0.3 is 10.2 Å². The summed E-state index contributed by atoms with van der Waals surface area (Å²) in [6.45, 7) is 6.69. The van der Waals surface area contributed by atoms with Crippen molar-refractivity contribution in [2.75, 3.05) is 24.5 Å². The van der Waals surface area contributed by atoms with Gasteiger partial charge in [0.1, 0.15) is 0 Å². The molecule has 32 heavy (non-hydrogen) atoms. The summed E-state index contributed by atoms with van der Waals surface area (Å²) in [5, 5.41) is 3.95. The quantitative estimate of drug-likeness (QED) is 0.393. The third-order valence-corrected chi connectivity index (χ3v) is 5.53. The van der Waals surface area contributed by atoms with Crippen LogP contribution in [-0.2, 0) is 0 Å². The average Bonchev–Trinajstić information content (AvgIpc) is 2.83. The molecule has 4 aromatic rings. The number of nitrogens with one attached hydrogen (secondary N) is 1. The highest BCUT2D eigenvalue weighted by Crippen LogP contribution is 2.23. The Balaban J connectivity index is 1.46. The third-order valence-electron chi connectivity index (χ3n) is 5.53. The van der Waals surface area contributed by atoms with Crippen LogP contribution >= 0.6 is 0 Å². The highest BCUT2D eigenvalue weighted by Gasteiger charge is 2.14. The molecule has 0 aliphatic rings. The van der Waals surface area contributed by atoms with Crippen molar-refractivity contribution >= 4 is 22.5 Å². The Bertz CT molecular complexity index is 1210. The van der Waals surface area contributed by atoms with Crippen LogP contribution in [0.15, 0.2) is 79.0 Å². The van der Waals surface area contributed by atoms with Crippen LogP contribution in [0, 0.1) is 6.92 Å². The number of para-hydroxylation sites is 1. The first-order chi connectivity index (χ1) is 15.7. The molecule has 2 aromatic heterocycles. The van der Waals surface area contributed by atoms with E-state index in [4.69, 9.17) is 4.98 Å². The van der Waals surface area contributed by atoms with E-state index in [-0.39, 0.29) is 5.91 Å². The van der Waals surface area contributed by atoms with Gasteiger partial charge in [-0.3, -0.25) is 9.78 Å². The maximum absolute atomic E-state index is 13.1. The van der Waals surface area contributed by atoms with Gasteiger partial charge in [0, 0.05) is 36.9 Å². The number of benzene rings is 2. The third kappa shape index (κ3) is 4.94. The van der Waals surface area contributed by atoms with Crippen LogP contribution in [0.1, 0.15) is 29.3 Å². The van der Waals surface area contributed by atoms with Crippen molar-refractivity contribution in [2.45, 2.75) is 20.3 Å². The van der Waals surface area contributed by atoms with E-state index in [1.807, 2.05) is 48.5 Å². The zero-order chi connectivity index (χ0) is 22.3. The van der Waals surface area contributed by atoms with Crippen LogP contribution in [0.5, 0.6) is 0 Å². The van der Waals surface area contributed by atoms with Gasteiger partial charge in [-0.25, -0.2) is 4.98 Å². The van der Waals surface area contributed by atoms with Crippen LogP contribution in [0.2, 0.25) is 0 Å². The van der Waals surface area contributed by atoms with Crippen molar-refractivity contribution in [3.05, 3.63) is 90.1 Å². The first-order valence-corrected chi connectivity index (χ1v) is 11.1. The predicted molar refractivity (Wildman–Crippen MR) is 131 cm³/mol. The second-order valence-electron chi connectivity index (χ2n) is 7.82. The normalized spacial score (nSPS) is 10.8. The molecule has 2 heterocycles. The van der Waals surface area contributed by atoms with Crippen LogP contribution < -0.4 is 10.2 Å². The van der Waals surface area contributed by atoms with Gasteiger partial charge in [0.2, 0.25) is 0 Å². The van der Waals surface area contributed by atoms with Gasteiger partial charge in [-0.05, 0) is 62.2 Å². The molecule has 4 rings (SSSR count). The van der Waals surface area contributed by atoms with Gasteiger partial charge in [0.15, 0.2) is 0 Å². The van der Waals surface area contributed by atoms with E-state index < -0.39 is 0 Å². The molecular formula is C27H28N4O. The topological polar surface area (TPSA) is 58.1 Å². The maximum atomic E-state index is 13.1. The molecule has 0 saturated carbocycles. The van der Waals surface area contributed by atoms with Crippen molar-refractivity contribution in [1.82, 2.24) is 15.3 Å². The second kappa shape index (κ2) is 10.1. The first-order valence-electron chi connectivity index (χ1n) is 11.1. The molecule has 0 unspecified atom stereocenters. The molecule has 0 saturated heterocycles. The van der Waals surface area contributed by atoms with Gasteiger partial charge in [-0.15, -0.1) is 0 Å². The number of pyridine rings is 2. The van der Waals surface area contributed by atoms with Gasteiger partial charge in [0.05, 0.1) is 22.5 Å². The summed E-state index contributed by atoms with van der Waals surface area (Å²) in [6.07, 6.45) is 2.60. The molecule has 2 aromatic carbocycles. The molecule has 162 valence electrons. The number of aromatic nitrogens is 2. The Morgan fingerprint density at radius 2 is 1.81 bits per heavy atom. The Kier molecular flexibility index (Phi) is 6.75. The SMILES string of the molecule is CCN(CCCNC(=O)c1cc(-c2ccccn2)nc2ccccc12)c1cccc(C)c1. The molecule has 5 heteroatoms. The Morgan fingerprint density at radius 3 is 2.59 bits per heavy atom. The van der Waals surface area contributed by atoms with E-state index in [0.29, 0.717) is 17.8 Å². The number of anilines is 1. The van der Waals surface area contributed by atoms with Crippen molar-refractivity contribution in [3.63, 3.8) is 0 Å². The van der Waals surface area contributed by atoms with E-state index in [2.05, 4.69) is 53.3 Å². The van der Waals surface area contributed by atoms with Gasteiger partial charge >= 0.3 is 0 Å². The highest BCUT2D eigenvalue weighted by atomic mass is 16.1. The van der Waals surface area contributed by atoms with E-state index in [1.165, 1.54) is 11.3 Å². The molecule has 0 aliphatic carbocycles. The van der Waals surface area contributed by atoms with Crippen LogP contribution in [0.3, 0.4) is 0 Å². The summed E-state index contributed by atoms with van der Waals surface area (Å²) in [5.74, 6) is -0.0839. The molecule has 0 atom stereocenters. The molecule has 1 N–H and O–H groups in total. The summed E-state index contributed by atoms with van der Waals surface area (Å²) in [6, 6.07) is 23.8. The van der Waals surface area contributed by atoms with E-state index in [9.17, 15) is 4.79 Å². The lowest BCUT2D eigenvalue weighted by atomic mass is 10.1. The second-order valence-corrected chi connectivity index (χ2v) is 7.82. The summed E-state index contributed by atoms with van der Waals surface area (Å²) in [7, 11) is 0. The average molecular weight is 425 g/mol. The fraction of sp³-hybridized carbons (Fsp3) is 0.222.